The summed E-state index contributed by atoms with van der Waals surface area (Å²) in [6.45, 7) is 2.34. The van der Waals surface area contributed by atoms with Gasteiger partial charge in [0.05, 0.1) is 13.2 Å². The van der Waals surface area contributed by atoms with Crippen molar-refractivity contribution in [2.75, 3.05) is 39.4 Å². The molecular formula is C21H27N5O5S2. The molecule has 2 aromatic rings. The number of ether oxygens (including phenoxy) is 1. The summed E-state index contributed by atoms with van der Waals surface area (Å²) in [5.41, 5.74) is 7.45. The van der Waals surface area contributed by atoms with E-state index in [1.807, 2.05) is 24.3 Å². The molecule has 2 saturated heterocycles. The molecule has 3 amide bonds. The van der Waals surface area contributed by atoms with Crippen LogP contribution in [0.2, 0.25) is 0 Å². The molecule has 3 heterocycles. The summed E-state index contributed by atoms with van der Waals surface area (Å²) in [5, 5.41) is 4.47. The number of urea groups is 1. The number of morpholine rings is 1. The molecule has 0 spiro atoms. The number of carbonyl (C=O) groups is 2. The van der Waals surface area contributed by atoms with E-state index in [1.54, 1.807) is 16.3 Å². The fourth-order valence-corrected chi connectivity index (χ4v) is 6.60. The Labute approximate surface area is 196 Å². The van der Waals surface area contributed by atoms with E-state index in [1.165, 1.54) is 11.0 Å². The molecule has 0 bridgehead atoms. The zero-order valence-electron chi connectivity index (χ0n) is 18.1. The van der Waals surface area contributed by atoms with Crippen molar-refractivity contribution in [3.8, 4) is 0 Å². The maximum Gasteiger partial charge on any atom is 0.321 e. The lowest BCUT2D eigenvalue weighted by Gasteiger charge is -2.34. The highest BCUT2D eigenvalue weighted by Crippen LogP contribution is 2.28. The average Bonchev–Trinajstić information content (AvgIpc) is 3.54. The van der Waals surface area contributed by atoms with Crippen LogP contribution >= 0.6 is 11.3 Å². The SMILES string of the molecule is NCc1cccc(CNC(=O)C2N(C(=O)N3CCOCC3)CCN2S(=O)(=O)c2cccs2)c1. The first-order chi connectivity index (χ1) is 15.9. The highest BCUT2D eigenvalue weighted by molar-refractivity contribution is 7.91. The normalized spacial score (nSPS) is 19.6. The third-order valence-electron chi connectivity index (χ3n) is 5.64. The zero-order valence-corrected chi connectivity index (χ0v) is 19.7. The van der Waals surface area contributed by atoms with Crippen LogP contribution in [0.1, 0.15) is 11.1 Å². The van der Waals surface area contributed by atoms with Crippen molar-refractivity contribution >= 4 is 33.3 Å². The Bertz CT molecular complexity index is 1090. The molecule has 10 nitrogen and oxygen atoms in total. The predicted octanol–water partition coefficient (Wildman–Crippen LogP) is 0.608. The number of amides is 3. The molecular weight excluding hydrogens is 466 g/mol. The minimum Gasteiger partial charge on any atom is -0.378 e. The van der Waals surface area contributed by atoms with Gasteiger partial charge in [0.2, 0.25) is 0 Å². The first-order valence-corrected chi connectivity index (χ1v) is 13.0. The summed E-state index contributed by atoms with van der Waals surface area (Å²) in [7, 11) is -3.94. The van der Waals surface area contributed by atoms with Gasteiger partial charge in [-0.3, -0.25) is 9.69 Å². The van der Waals surface area contributed by atoms with E-state index in [0.717, 1.165) is 26.8 Å². The van der Waals surface area contributed by atoms with E-state index in [4.69, 9.17) is 10.5 Å². The van der Waals surface area contributed by atoms with E-state index >= 15 is 0 Å². The number of carbonyl (C=O) groups excluding carboxylic acids is 2. The number of hydrogen-bond donors (Lipinski definition) is 2. The highest BCUT2D eigenvalue weighted by atomic mass is 32.2. The first-order valence-electron chi connectivity index (χ1n) is 10.7. The molecule has 2 fully saturated rings. The molecule has 3 N–H and O–H groups in total. The predicted molar refractivity (Wildman–Crippen MR) is 123 cm³/mol. The monoisotopic (exact) mass is 493 g/mol. The number of benzene rings is 1. The van der Waals surface area contributed by atoms with Crippen molar-refractivity contribution in [2.24, 2.45) is 5.73 Å². The molecule has 12 heteroatoms. The van der Waals surface area contributed by atoms with Gasteiger partial charge in [0.1, 0.15) is 4.21 Å². The smallest absolute Gasteiger partial charge is 0.321 e. The van der Waals surface area contributed by atoms with Gasteiger partial charge < -0.3 is 20.7 Å². The van der Waals surface area contributed by atoms with Crippen molar-refractivity contribution < 1.29 is 22.7 Å². The minimum absolute atomic E-state index is 0.0387. The molecule has 0 saturated carbocycles. The Hall–Kier alpha value is -2.51. The van der Waals surface area contributed by atoms with Gasteiger partial charge in [0.25, 0.3) is 15.9 Å². The lowest BCUT2D eigenvalue weighted by molar-refractivity contribution is -0.127. The first kappa shape index (κ1) is 23.6. The highest BCUT2D eigenvalue weighted by Gasteiger charge is 2.47. The van der Waals surface area contributed by atoms with E-state index in [9.17, 15) is 18.0 Å². The molecule has 0 aliphatic carbocycles. The van der Waals surface area contributed by atoms with Crippen LogP contribution in [-0.4, -0.2) is 80.0 Å². The fourth-order valence-electron chi connectivity index (χ4n) is 3.94. The van der Waals surface area contributed by atoms with E-state index in [-0.39, 0.29) is 29.9 Å². The van der Waals surface area contributed by atoms with Crippen molar-refractivity contribution in [1.29, 1.82) is 0 Å². The van der Waals surface area contributed by atoms with Crippen LogP contribution in [0.5, 0.6) is 0 Å². The van der Waals surface area contributed by atoms with Crippen LogP contribution in [0.3, 0.4) is 0 Å². The fraction of sp³-hybridized carbons (Fsp3) is 0.429. The molecule has 1 aromatic carbocycles. The molecule has 0 radical (unpaired) electrons. The molecule has 4 rings (SSSR count). The molecule has 2 aliphatic heterocycles. The Kier molecular flexibility index (Phi) is 7.29. The van der Waals surface area contributed by atoms with Crippen LogP contribution < -0.4 is 11.1 Å². The second-order valence-electron chi connectivity index (χ2n) is 7.74. The summed E-state index contributed by atoms with van der Waals surface area (Å²) in [6, 6.07) is 10.2. The number of hydrogen-bond acceptors (Lipinski definition) is 7. The summed E-state index contributed by atoms with van der Waals surface area (Å²) in [5.74, 6) is -0.549. The number of sulfonamides is 1. The topological polar surface area (TPSA) is 125 Å². The third-order valence-corrected chi connectivity index (χ3v) is 8.87. The van der Waals surface area contributed by atoms with Gasteiger partial charge in [-0.15, -0.1) is 11.3 Å². The van der Waals surface area contributed by atoms with Crippen LogP contribution in [0.15, 0.2) is 46.0 Å². The standard InChI is InChI=1S/C21H27N5O5S2/c22-14-16-3-1-4-17(13-16)15-23-19(27)20-25(21(28)24-8-10-31-11-9-24)6-7-26(20)33(29,30)18-5-2-12-32-18/h1-5,12-13,20H,6-11,14-15,22H2,(H,23,27). The minimum atomic E-state index is -3.94. The van der Waals surface area contributed by atoms with Crippen LogP contribution in [0, 0.1) is 0 Å². The van der Waals surface area contributed by atoms with Crippen LogP contribution in [0.4, 0.5) is 4.79 Å². The summed E-state index contributed by atoms with van der Waals surface area (Å²) < 4.78 is 33.1. The van der Waals surface area contributed by atoms with Gasteiger partial charge in [-0.1, -0.05) is 30.3 Å². The summed E-state index contributed by atoms with van der Waals surface area (Å²) in [6.07, 6.45) is -1.27. The Morgan fingerprint density at radius 2 is 1.85 bits per heavy atom. The van der Waals surface area contributed by atoms with E-state index in [0.29, 0.717) is 32.8 Å². The van der Waals surface area contributed by atoms with Gasteiger partial charge in [-0.05, 0) is 22.6 Å². The zero-order chi connectivity index (χ0) is 23.4. The van der Waals surface area contributed by atoms with Crippen LogP contribution in [-0.2, 0) is 32.6 Å². The van der Waals surface area contributed by atoms with Gasteiger partial charge in [0, 0.05) is 39.3 Å². The van der Waals surface area contributed by atoms with Crippen molar-refractivity contribution in [1.82, 2.24) is 19.4 Å². The van der Waals surface area contributed by atoms with Crippen LogP contribution in [0.25, 0.3) is 0 Å². The molecule has 1 aromatic heterocycles. The number of nitrogens with one attached hydrogen (secondary N) is 1. The Balaban J connectivity index is 1.58. The van der Waals surface area contributed by atoms with Gasteiger partial charge in [-0.25, -0.2) is 13.2 Å². The number of nitrogens with zero attached hydrogens (tertiary/aromatic N) is 3. The molecule has 178 valence electrons. The van der Waals surface area contributed by atoms with Crippen molar-refractivity contribution in [3.05, 3.63) is 52.9 Å². The van der Waals surface area contributed by atoms with Crippen molar-refractivity contribution in [3.63, 3.8) is 0 Å². The van der Waals surface area contributed by atoms with Gasteiger partial charge in [0.15, 0.2) is 6.17 Å². The van der Waals surface area contributed by atoms with Gasteiger partial charge in [-0.2, -0.15) is 4.31 Å². The summed E-state index contributed by atoms with van der Waals surface area (Å²) >= 11 is 1.08. The second kappa shape index (κ2) is 10.2. The Morgan fingerprint density at radius 1 is 1.09 bits per heavy atom. The molecule has 1 unspecified atom stereocenters. The molecule has 1 atom stereocenters. The van der Waals surface area contributed by atoms with Gasteiger partial charge >= 0.3 is 6.03 Å². The number of nitrogens with two attached hydrogens (primary N) is 1. The molecule has 2 aliphatic rings. The van der Waals surface area contributed by atoms with Crippen molar-refractivity contribution in [2.45, 2.75) is 23.5 Å². The summed E-state index contributed by atoms with van der Waals surface area (Å²) in [4.78, 5) is 29.5. The maximum atomic E-state index is 13.3. The van der Waals surface area contributed by atoms with E-state index < -0.39 is 22.1 Å². The maximum absolute atomic E-state index is 13.3. The van der Waals surface area contributed by atoms with E-state index in [2.05, 4.69) is 5.32 Å². The largest absolute Gasteiger partial charge is 0.378 e. The lowest BCUT2D eigenvalue weighted by atomic mass is 10.1. The lowest BCUT2D eigenvalue weighted by Crippen LogP contribution is -2.57. The quantitative estimate of drug-likeness (QED) is 0.607. The Morgan fingerprint density at radius 3 is 2.55 bits per heavy atom. The molecule has 33 heavy (non-hydrogen) atoms. The average molecular weight is 494 g/mol. The number of thiophene rings is 1. The second-order valence-corrected chi connectivity index (χ2v) is 10.8. The number of rotatable bonds is 6. The third kappa shape index (κ3) is 5.04.